The molecular weight excluding hydrogens is 254 g/mol. The summed E-state index contributed by atoms with van der Waals surface area (Å²) in [4.78, 5) is 5.06. The van der Waals surface area contributed by atoms with Crippen LogP contribution in [-0.4, -0.2) is 12.0 Å². The number of halogens is 2. The standard InChI is InChI=1S/C13H14F2N2S/c1-8-3-10(12(15)5-11(8)14)13(16-2)4-9-6-17-7-18-9/h3,5-7,13,16H,4H2,1-2H3. The van der Waals surface area contributed by atoms with Gasteiger partial charge in [0.15, 0.2) is 0 Å². The third-order valence-electron chi connectivity index (χ3n) is 2.89. The molecule has 1 unspecified atom stereocenters. The fourth-order valence-electron chi connectivity index (χ4n) is 1.86. The van der Waals surface area contributed by atoms with Crippen LogP contribution in [-0.2, 0) is 6.42 Å². The van der Waals surface area contributed by atoms with Crippen molar-refractivity contribution in [2.45, 2.75) is 19.4 Å². The van der Waals surface area contributed by atoms with Crippen LogP contribution in [0.5, 0.6) is 0 Å². The van der Waals surface area contributed by atoms with Crippen LogP contribution in [0.3, 0.4) is 0 Å². The molecule has 0 fully saturated rings. The molecule has 1 heterocycles. The van der Waals surface area contributed by atoms with Crippen molar-refractivity contribution < 1.29 is 8.78 Å². The lowest BCUT2D eigenvalue weighted by atomic mass is 10.0. The van der Waals surface area contributed by atoms with E-state index in [2.05, 4.69) is 10.3 Å². The zero-order valence-corrected chi connectivity index (χ0v) is 11.0. The van der Waals surface area contributed by atoms with E-state index in [1.54, 1.807) is 31.7 Å². The third-order valence-corrected chi connectivity index (χ3v) is 3.69. The maximum Gasteiger partial charge on any atom is 0.130 e. The van der Waals surface area contributed by atoms with Crippen molar-refractivity contribution in [1.82, 2.24) is 10.3 Å². The number of rotatable bonds is 4. The zero-order valence-electron chi connectivity index (χ0n) is 10.2. The van der Waals surface area contributed by atoms with Gasteiger partial charge in [0.1, 0.15) is 11.6 Å². The molecule has 1 aromatic carbocycles. The van der Waals surface area contributed by atoms with E-state index in [0.29, 0.717) is 17.5 Å². The van der Waals surface area contributed by atoms with Crippen molar-refractivity contribution in [1.29, 1.82) is 0 Å². The van der Waals surface area contributed by atoms with Gasteiger partial charge >= 0.3 is 0 Å². The summed E-state index contributed by atoms with van der Waals surface area (Å²) in [5, 5.41) is 3.06. The predicted octanol–water partition coefficient (Wildman–Crippen LogP) is 3.23. The van der Waals surface area contributed by atoms with Crippen molar-refractivity contribution in [3.05, 3.63) is 51.5 Å². The molecule has 0 saturated carbocycles. The van der Waals surface area contributed by atoms with Crippen molar-refractivity contribution in [2.75, 3.05) is 7.05 Å². The van der Waals surface area contributed by atoms with Crippen LogP contribution in [0.15, 0.2) is 23.8 Å². The van der Waals surface area contributed by atoms with Gasteiger partial charge in [0, 0.05) is 35.2 Å². The van der Waals surface area contributed by atoms with Crippen molar-refractivity contribution in [2.24, 2.45) is 0 Å². The molecule has 5 heteroatoms. The van der Waals surface area contributed by atoms with Crippen molar-refractivity contribution in [3.8, 4) is 0 Å². The molecule has 1 atom stereocenters. The number of hydrogen-bond acceptors (Lipinski definition) is 3. The fourth-order valence-corrected chi connectivity index (χ4v) is 2.50. The summed E-state index contributed by atoms with van der Waals surface area (Å²) in [5.74, 6) is -1.02. The van der Waals surface area contributed by atoms with E-state index in [1.807, 2.05) is 0 Å². The number of hydrogen-bond donors (Lipinski definition) is 1. The molecule has 0 spiro atoms. The van der Waals surface area contributed by atoms with Gasteiger partial charge in [0.05, 0.1) is 5.51 Å². The maximum atomic E-state index is 13.8. The summed E-state index contributed by atoms with van der Waals surface area (Å²) < 4.78 is 27.0. The number of benzene rings is 1. The minimum Gasteiger partial charge on any atom is -0.313 e. The van der Waals surface area contributed by atoms with Gasteiger partial charge in [-0.05, 0) is 25.6 Å². The Morgan fingerprint density at radius 2 is 2.11 bits per heavy atom. The van der Waals surface area contributed by atoms with E-state index in [9.17, 15) is 8.78 Å². The molecule has 2 rings (SSSR count). The first-order chi connectivity index (χ1) is 8.61. The second kappa shape index (κ2) is 5.54. The Morgan fingerprint density at radius 3 is 2.72 bits per heavy atom. The second-order valence-electron chi connectivity index (χ2n) is 4.14. The first-order valence-corrected chi connectivity index (χ1v) is 6.50. The lowest BCUT2D eigenvalue weighted by Crippen LogP contribution is -2.20. The highest BCUT2D eigenvalue weighted by molar-refractivity contribution is 7.09. The normalized spacial score (nSPS) is 12.7. The average molecular weight is 268 g/mol. The van der Waals surface area contributed by atoms with Gasteiger partial charge in [-0.1, -0.05) is 0 Å². The summed E-state index contributed by atoms with van der Waals surface area (Å²) in [6.45, 7) is 1.64. The van der Waals surface area contributed by atoms with Crippen LogP contribution in [0.2, 0.25) is 0 Å². The highest BCUT2D eigenvalue weighted by Crippen LogP contribution is 2.24. The molecule has 0 radical (unpaired) electrons. The van der Waals surface area contributed by atoms with Gasteiger partial charge in [-0.2, -0.15) is 0 Å². The number of likely N-dealkylation sites (N-methyl/N-ethyl adjacent to an activating group) is 1. The Hall–Kier alpha value is -1.33. The van der Waals surface area contributed by atoms with Crippen molar-refractivity contribution >= 4 is 11.3 Å². The summed E-state index contributed by atoms with van der Waals surface area (Å²) in [6.07, 6.45) is 2.41. The molecule has 0 aliphatic heterocycles. The Kier molecular flexibility index (Phi) is 4.04. The maximum absolute atomic E-state index is 13.8. The molecule has 96 valence electrons. The van der Waals surface area contributed by atoms with Crippen LogP contribution < -0.4 is 5.32 Å². The SMILES string of the molecule is CNC(Cc1cncs1)c1cc(C)c(F)cc1F. The lowest BCUT2D eigenvalue weighted by molar-refractivity contribution is 0.520. The van der Waals surface area contributed by atoms with Crippen molar-refractivity contribution in [3.63, 3.8) is 0 Å². The Balaban J connectivity index is 2.30. The molecule has 2 nitrogen and oxygen atoms in total. The fraction of sp³-hybridized carbons (Fsp3) is 0.308. The second-order valence-corrected chi connectivity index (χ2v) is 5.11. The molecule has 0 aliphatic carbocycles. The third kappa shape index (κ3) is 2.73. The summed E-state index contributed by atoms with van der Waals surface area (Å²) in [6, 6.07) is 2.33. The molecule has 1 aromatic heterocycles. The molecule has 1 N–H and O–H groups in total. The molecule has 0 aliphatic rings. The van der Waals surface area contributed by atoms with E-state index in [0.717, 1.165) is 10.9 Å². The van der Waals surface area contributed by atoms with Crippen LogP contribution in [0, 0.1) is 18.6 Å². The Morgan fingerprint density at radius 1 is 1.33 bits per heavy atom. The van der Waals surface area contributed by atoms with Gasteiger partial charge in [0.25, 0.3) is 0 Å². The zero-order chi connectivity index (χ0) is 13.1. The summed E-state index contributed by atoms with van der Waals surface area (Å²) in [5.41, 5.74) is 2.69. The quantitative estimate of drug-likeness (QED) is 0.921. The largest absolute Gasteiger partial charge is 0.313 e. The first-order valence-electron chi connectivity index (χ1n) is 5.62. The van der Waals surface area contributed by atoms with Crippen LogP contribution >= 0.6 is 11.3 Å². The number of thiazole rings is 1. The van der Waals surface area contributed by atoms with Gasteiger partial charge in [-0.25, -0.2) is 8.78 Å². The van der Waals surface area contributed by atoms with E-state index in [-0.39, 0.29) is 6.04 Å². The minimum atomic E-state index is -0.512. The van der Waals surface area contributed by atoms with Crippen LogP contribution in [0.1, 0.15) is 22.0 Å². The lowest BCUT2D eigenvalue weighted by Gasteiger charge is -2.17. The number of aryl methyl sites for hydroxylation is 1. The Bertz CT molecular complexity index is 526. The van der Waals surface area contributed by atoms with Gasteiger partial charge in [-0.15, -0.1) is 11.3 Å². The van der Waals surface area contributed by atoms with Gasteiger partial charge in [0.2, 0.25) is 0 Å². The average Bonchev–Trinajstić information content (AvgIpc) is 2.84. The number of aromatic nitrogens is 1. The van der Waals surface area contributed by atoms with E-state index in [4.69, 9.17) is 0 Å². The summed E-state index contributed by atoms with van der Waals surface area (Å²) in [7, 11) is 1.77. The Labute approximate surface area is 109 Å². The van der Waals surface area contributed by atoms with E-state index < -0.39 is 11.6 Å². The van der Waals surface area contributed by atoms with E-state index in [1.165, 1.54) is 11.3 Å². The molecule has 0 bridgehead atoms. The van der Waals surface area contributed by atoms with Crippen LogP contribution in [0.25, 0.3) is 0 Å². The van der Waals surface area contributed by atoms with Gasteiger partial charge in [-0.3, -0.25) is 4.98 Å². The highest BCUT2D eigenvalue weighted by Gasteiger charge is 2.17. The smallest absolute Gasteiger partial charge is 0.130 e. The number of nitrogens with zero attached hydrogens (tertiary/aromatic N) is 1. The predicted molar refractivity (Wildman–Crippen MR) is 68.7 cm³/mol. The summed E-state index contributed by atoms with van der Waals surface area (Å²) >= 11 is 1.53. The molecule has 18 heavy (non-hydrogen) atoms. The molecular formula is C13H14F2N2S. The molecule has 2 aromatic rings. The van der Waals surface area contributed by atoms with Crippen LogP contribution in [0.4, 0.5) is 8.78 Å². The molecule has 0 saturated heterocycles. The topological polar surface area (TPSA) is 24.9 Å². The van der Waals surface area contributed by atoms with E-state index >= 15 is 0 Å². The highest BCUT2D eigenvalue weighted by atomic mass is 32.1. The monoisotopic (exact) mass is 268 g/mol. The number of nitrogens with one attached hydrogen (secondary N) is 1. The first kappa shape index (κ1) is 13.1. The molecule has 0 amide bonds. The minimum absolute atomic E-state index is 0.176. The van der Waals surface area contributed by atoms with Gasteiger partial charge < -0.3 is 5.32 Å².